The standard InChI is InChI=1S/C15H29NO/c1-5-7-15(8-6-2)10-16(11-15)12-9-13(17)14(12,3)4/h12-13,17H,5-11H2,1-4H3. The second-order valence-electron chi connectivity index (χ2n) is 6.99. The third kappa shape index (κ3) is 2.15. The monoisotopic (exact) mass is 239 g/mol. The molecule has 0 bridgehead atoms. The van der Waals surface area contributed by atoms with E-state index in [1.54, 1.807) is 0 Å². The number of aliphatic hydroxyl groups is 1. The zero-order valence-corrected chi connectivity index (χ0v) is 12.0. The number of hydrogen-bond acceptors (Lipinski definition) is 2. The van der Waals surface area contributed by atoms with Gasteiger partial charge in [0.1, 0.15) is 0 Å². The lowest BCUT2D eigenvalue weighted by Crippen LogP contribution is -2.69. The van der Waals surface area contributed by atoms with Crippen molar-refractivity contribution < 1.29 is 5.11 Å². The van der Waals surface area contributed by atoms with Crippen LogP contribution in [-0.2, 0) is 0 Å². The molecule has 1 heterocycles. The highest BCUT2D eigenvalue weighted by Crippen LogP contribution is 2.50. The molecule has 17 heavy (non-hydrogen) atoms. The molecule has 2 heteroatoms. The van der Waals surface area contributed by atoms with E-state index in [2.05, 4.69) is 32.6 Å². The highest BCUT2D eigenvalue weighted by Gasteiger charge is 2.55. The summed E-state index contributed by atoms with van der Waals surface area (Å²) in [5.74, 6) is 0. The van der Waals surface area contributed by atoms with E-state index in [9.17, 15) is 5.11 Å². The summed E-state index contributed by atoms with van der Waals surface area (Å²) < 4.78 is 0. The first-order valence-corrected chi connectivity index (χ1v) is 7.37. The van der Waals surface area contributed by atoms with E-state index in [-0.39, 0.29) is 11.5 Å². The van der Waals surface area contributed by atoms with Crippen LogP contribution in [0.25, 0.3) is 0 Å². The van der Waals surface area contributed by atoms with Crippen molar-refractivity contribution >= 4 is 0 Å². The maximum atomic E-state index is 9.82. The van der Waals surface area contributed by atoms with E-state index in [0.717, 1.165) is 6.42 Å². The Morgan fingerprint density at radius 2 is 1.65 bits per heavy atom. The number of rotatable bonds is 5. The van der Waals surface area contributed by atoms with Crippen molar-refractivity contribution in [1.82, 2.24) is 4.90 Å². The second kappa shape index (κ2) is 4.55. The predicted molar refractivity (Wildman–Crippen MR) is 72.0 cm³/mol. The van der Waals surface area contributed by atoms with Gasteiger partial charge in [-0.2, -0.15) is 0 Å². The lowest BCUT2D eigenvalue weighted by atomic mass is 9.61. The minimum atomic E-state index is -0.0835. The fourth-order valence-corrected chi connectivity index (χ4v) is 4.04. The van der Waals surface area contributed by atoms with Gasteiger partial charge in [0, 0.05) is 24.5 Å². The lowest BCUT2D eigenvalue weighted by molar-refractivity contribution is -0.170. The van der Waals surface area contributed by atoms with Crippen molar-refractivity contribution in [3.05, 3.63) is 0 Å². The smallest absolute Gasteiger partial charge is 0.0621 e. The number of nitrogens with zero attached hydrogens (tertiary/aromatic N) is 1. The van der Waals surface area contributed by atoms with Gasteiger partial charge in [-0.1, -0.05) is 40.5 Å². The van der Waals surface area contributed by atoms with Crippen LogP contribution in [0, 0.1) is 10.8 Å². The van der Waals surface area contributed by atoms with Gasteiger partial charge < -0.3 is 5.11 Å². The molecule has 0 aromatic carbocycles. The van der Waals surface area contributed by atoms with Gasteiger partial charge >= 0.3 is 0 Å². The van der Waals surface area contributed by atoms with Crippen LogP contribution < -0.4 is 0 Å². The molecule has 1 saturated carbocycles. The van der Waals surface area contributed by atoms with Gasteiger partial charge in [-0.3, -0.25) is 4.90 Å². The van der Waals surface area contributed by atoms with Crippen molar-refractivity contribution in [3.8, 4) is 0 Å². The minimum absolute atomic E-state index is 0.0835. The first-order valence-electron chi connectivity index (χ1n) is 7.37. The van der Waals surface area contributed by atoms with E-state index in [1.807, 2.05) is 0 Å². The minimum Gasteiger partial charge on any atom is -0.392 e. The van der Waals surface area contributed by atoms with Gasteiger partial charge in [0.05, 0.1) is 6.10 Å². The summed E-state index contributed by atoms with van der Waals surface area (Å²) in [7, 11) is 0. The maximum absolute atomic E-state index is 9.82. The van der Waals surface area contributed by atoms with Gasteiger partial charge in [0.15, 0.2) is 0 Å². The van der Waals surface area contributed by atoms with Crippen LogP contribution in [0.5, 0.6) is 0 Å². The topological polar surface area (TPSA) is 23.5 Å². The van der Waals surface area contributed by atoms with Crippen molar-refractivity contribution in [2.75, 3.05) is 13.1 Å². The molecule has 2 atom stereocenters. The molecule has 1 saturated heterocycles. The quantitative estimate of drug-likeness (QED) is 0.797. The molecule has 2 fully saturated rings. The van der Waals surface area contributed by atoms with Crippen molar-refractivity contribution in [1.29, 1.82) is 0 Å². The Morgan fingerprint density at radius 1 is 1.12 bits per heavy atom. The molecule has 2 aliphatic rings. The Morgan fingerprint density at radius 3 is 2.00 bits per heavy atom. The highest BCUT2D eigenvalue weighted by atomic mass is 16.3. The first-order chi connectivity index (χ1) is 7.95. The Bertz CT molecular complexity index is 260. The van der Waals surface area contributed by atoms with Crippen LogP contribution in [0.3, 0.4) is 0 Å². The predicted octanol–water partition coefficient (Wildman–Crippen LogP) is 3.05. The molecular weight excluding hydrogens is 210 g/mol. The Labute approximate surface area is 106 Å². The molecule has 0 aromatic heterocycles. The first kappa shape index (κ1) is 13.4. The Hall–Kier alpha value is -0.0800. The van der Waals surface area contributed by atoms with Crippen LogP contribution in [0.2, 0.25) is 0 Å². The zero-order chi connectivity index (χ0) is 12.7. The van der Waals surface area contributed by atoms with Crippen LogP contribution >= 0.6 is 0 Å². The molecule has 2 unspecified atom stereocenters. The van der Waals surface area contributed by atoms with Gasteiger partial charge in [0.2, 0.25) is 0 Å². The summed E-state index contributed by atoms with van der Waals surface area (Å²) in [6, 6.07) is 0.624. The van der Waals surface area contributed by atoms with Gasteiger partial charge in [-0.25, -0.2) is 0 Å². The van der Waals surface area contributed by atoms with E-state index in [0.29, 0.717) is 11.5 Å². The molecule has 0 amide bonds. The number of likely N-dealkylation sites (tertiary alicyclic amines) is 1. The third-order valence-corrected chi connectivity index (χ3v) is 5.24. The second-order valence-corrected chi connectivity index (χ2v) is 6.99. The molecule has 1 aliphatic carbocycles. The molecule has 2 rings (SSSR count). The summed E-state index contributed by atoms with van der Waals surface area (Å²) >= 11 is 0. The van der Waals surface area contributed by atoms with E-state index < -0.39 is 0 Å². The molecule has 0 radical (unpaired) electrons. The highest BCUT2D eigenvalue weighted by molar-refractivity contribution is 5.08. The van der Waals surface area contributed by atoms with Gasteiger partial charge in [-0.05, 0) is 24.7 Å². The van der Waals surface area contributed by atoms with Gasteiger partial charge in [0.25, 0.3) is 0 Å². The van der Waals surface area contributed by atoms with E-state index in [1.165, 1.54) is 38.8 Å². The molecule has 1 N–H and O–H groups in total. The zero-order valence-electron chi connectivity index (χ0n) is 12.0. The molecular formula is C15H29NO. The van der Waals surface area contributed by atoms with Crippen LogP contribution in [0.4, 0.5) is 0 Å². The fourth-order valence-electron chi connectivity index (χ4n) is 4.04. The van der Waals surface area contributed by atoms with Crippen LogP contribution in [0.1, 0.15) is 59.8 Å². The van der Waals surface area contributed by atoms with Crippen molar-refractivity contribution in [3.63, 3.8) is 0 Å². The Kier molecular flexibility index (Phi) is 3.57. The van der Waals surface area contributed by atoms with Crippen molar-refractivity contribution in [2.45, 2.75) is 71.9 Å². The summed E-state index contributed by atoms with van der Waals surface area (Å²) in [6.45, 7) is 11.6. The summed E-state index contributed by atoms with van der Waals surface area (Å²) in [5, 5.41) is 9.82. The third-order valence-electron chi connectivity index (χ3n) is 5.24. The summed E-state index contributed by atoms with van der Waals surface area (Å²) in [5.41, 5.74) is 0.727. The fraction of sp³-hybridized carbons (Fsp3) is 1.00. The number of hydrogen-bond donors (Lipinski definition) is 1. The molecule has 100 valence electrons. The van der Waals surface area contributed by atoms with Crippen LogP contribution in [-0.4, -0.2) is 35.2 Å². The summed E-state index contributed by atoms with van der Waals surface area (Å²) in [6.07, 6.45) is 6.29. The molecule has 0 spiro atoms. The SMILES string of the molecule is CCCC1(CCC)CN(C2CC(O)C2(C)C)C1. The van der Waals surface area contributed by atoms with Crippen molar-refractivity contribution in [2.24, 2.45) is 10.8 Å². The van der Waals surface area contributed by atoms with Gasteiger partial charge in [-0.15, -0.1) is 0 Å². The van der Waals surface area contributed by atoms with E-state index in [4.69, 9.17) is 0 Å². The normalized spacial score (nSPS) is 35.1. The molecule has 1 aliphatic heterocycles. The number of aliphatic hydroxyl groups excluding tert-OH is 1. The van der Waals surface area contributed by atoms with E-state index >= 15 is 0 Å². The average molecular weight is 239 g/mol. The molecule has 0 aromatic rings. The maximum Gasteiger partial charge on any atom is 0.0621 e. The largest absolute Gasteiger partial charge is 0.392 e. The molecule has 2 nitrogen and oxygen atoms in total. The van der Waals surface area contributed by atoms with Crippen LogP contribution in [0.15, 0.2) is 0 Å². The average Bonchev–Trinajstić information content (AvgIpc) is 2.22. The Balaban J connectivity index is 1.89. The summed E-state index contributed by atoms with van der Waals surface area (Å²) in [4.78, 5) is 2.62. The lowest BCUT2D eigenvalue weighted by Gasteiger charge is -2.62.